The molecule has 2 aliphatic rings. The second kappa shape index (κ2) is 31.2. The molecular weight excluding hydrogens is 1270 g/mol. The Balaban J connectivity index is 1.62. The van der Waals surface area contributed by atoms with Gasteiger partial charge in [0.15, 0.2) is 0 Å². The van der Waals surface area contributed by atoms with Crippen molar-refractivity contribution in [1.82, 2.24) is 15.9 Å². The molecule has 5 aromatic rings. The van der Waals surface area contributed by atoms with Gasteiger partial charge in [-0.15, -0.1) is 0 Å². The number of aromatic nitrogens is 4. The topological polar surface area (TPSA) is 51.6 Å². The minimum atomic E-state index is -3.01. The van der Waals surface area contributed by atoms with Gasteiger partial charge >= 0.3 is 493 Å². The number of hydrogen-bond donors (Lipinski definition) is 0. The van der Waals surface area contributed by atoms with Crippen LogP contribution in [0.25, 0.3) is 44.3 Å². The minimum absolute atomic E-state index is 0.0117. The van der Waals surface area contributed by atoms with E-state index in [9.17, 15) is 0 Å². The summed E-state index contributed by atoms with van der Waals surface area (Å²) in [6, 6.07) is 11.8. The predicted molar refractivity (Wildman–Crippen MR) is 343 cm³/mol. The molecule has 0 N–H and O–H groups in total. The van der Waals surface area contributed by atoms with Gasteiger partial charge in [0.2, 0.25) is 0 Å². The number of benzene rings is 3. The van der Waals surface area contributed by atoms with Crippen molar-refractivity contribution in [3.05, 3.63) is 46.5 Å². The van der Waals surface area contributed by atoms with Crippen LogP contribution < -0.4 is 7.16 Å². The fraction of sp³-hybridized carbons (Fsp3) is 0.735. The quantitative estimate of drug-likeness (QED) is 0.0290. The third kappa shape index (κ3) is 13.4. The Morgan fingerprint density at radius 3 is 0.829 bits per heavy atom. The number of nitrogens with zero attached hydrogens (tertiary/aromatic N) is 4. The summed E-state index contributed by atoms with van der Waals surface area (Å²) in [5.41, 5.74) is 18.6. The molecule has 0 aliphatic heterocycles. The van der Waals surface area contributed by atoms with Crippen LogP contribution in [0.2, 0.25) is 26.6 Å². The Labute approximate surface area is 488 Å². The molecule has 0 unspecified atom stereocenters. The zero-order valence-corrected chi connectivity index (χ0v) is 59.9. The Hall–Kier alpha value is -0.504. The predicted octanol–water partition coefficient (Wildman–Crippen LogP) is 20.2. The van der Waals surface area contributed by atoms with Crippen molar-refractivity contribution in [3.8, 4) is 22.3 Å². The summed E-state index contributed by atoms with van der Waals surface area (Å²) in [5.74, 6) is 0. The number of fused-ring (bicyclic) bond motifs is 10. The Kier molecular flexibility index (Phi) is 25.9. The number of unbranched alkanes of at least 4 members (excludes halogenated alkanes) is 18. The van der Waals surface area contributed by atoms with E-state index in [2.05, 4.69) is 93.5 Å². The van der Waals surface area contributed by atoms with Crippen molar-refractivity contribution in [2.24, 2.45) is 0 Å². The summed E-state index contributed by atoms with van der Waals surface area (Å²) in [5, 5.41) is 0. The maximum atomic E-state index is 5.75. The van der Waals surface area contributed by atoms with E-state index in [0.717, 1.165) is 0 Å². The second-order valence-corrected chi connectivity index (χ2v) is 53.6. The van der Waals surface area contributed by atoms with Crippen LogP contribution in [0, 0.1) is 0 Å². The van der Waals surface area contributed by atoms with Crippen LogP contribution in [0.1, 0.15) is 297 Å². The molecule has 4 nitrogen and oxygen atoms in total. The standard InChI is InChI=1S/C44H56N4Se2.6C4H9.2Sn/c1-5-9-13-17-25-43(26-18-14-10-6-2)33-21-23-37-41(47-49-45-37)39(33)31-30-36-32(29-35(31)43)40-34(22-24-38-42(40)48-50-46-38)44(36,27-19-15-11-7-3)28-20-16-12-8-4;6*1-3-4-2;;/h21-22,29-30H,5-20,25-28H2,1-4H3;6*1,3-4H2,2H3;;. The van der Waals surface area contributed by atoms with Crippen molar-refractivity contribution < 1.29 is 0 Å². The third-order valence-electron chi connectivity index (χ3n) is 19.9. The van der Waals surface area contributed by atoms with Gasteiger partial charge in [0, 0.05) is 0 Å². The number of hydrogen-bond acceptors (Lipinski definition) is 4. The average Bonchev–Trinajstić information content (AvgIpc) is 4.39. The van der Waals surface area contributed by atoms with Crippen LogP contribution in [-0.4, -0.2) is 82.6 Å². The van der Waals surface area contributed by atoms with E-state index in [0.29, 0.717) is 0 Å². The molecule has 8 heteroatoms. The van der Waals surface area contributed by atoms with Gasteiger partial charge in [-0.05, 0) is 0 Å². The van der Waals surface area contributed by atoms with Crippen LogP contribution in [0.5, 0.6) is 0 Å². The van der Waals surface area contributed by atoms with Crippen LogP contribution in [0.3, 0.4) is 0 Å². The van der Waals surface area contributed by atoms with Crippen molar-refractivity contribution in [2.45, 2.75) is 312 Å². The van der Waals surface area contributed by atoms with Gasteiger partial charge in [0.05, 0.1) is 0 Å². The molecule has 0 bridgehead atoms. The van der Waals surface area contributed by atoms with Gasteiger partial charge in [0.1, 0.15) is 0 Å². The van der Waals surface area contributed by atoms with E-state index in [-0.39, 0.29) is 40.8 Å². The first kappa shape index (κ1) is 63.1. The van der Waals surface area contributed by atoms with Crippen LogP contribution in [0.4, 0.5) is 0 Å². The van der Waals surface area contributed by atoms with E-state index in [1.807, 2.05) is 7.16 Å². The van der Waals surface area contributed by atoms with Crippen LogP contribution in [0.15, 0.2) is 24.3 Å². The van der Waals surface area contributed by atoms with E-state index in [1.54, 1.807) is 44.5 Å². The summed E-state index contributed by atoms with van der Waals surface area (Å²) in [6.45, 7) is 24.3. The van der Waals surface area contributed by atoms with Gasteiger partial charge in [-0.3, -0.25) is 0 Å². The molecule has 0 atom stereocenters. The molecule has 76 heavy (non-hydrogen) atoms. The molecule has 2 aliphatic carbocycles. The van der Waals surface area contributed by atoms with Gasteiger partial charge in [-0.1, -0.05) is 0 Å². The van der Waals surface area contributed by atoms with Gasteiger partial charge in [-0.2, -0.15) is 0 Å². The fourth-order valence-corrected chi connectivity index (χ4v) is 51.9. The molecule has 0 amide bonds. The van der Waals surface area contributed by atoms with E-state index < -0.39 is 36.8 Å². The van der Waals surface area contributed by atoms with E-state index in [1.165, 1.54) is 254 Å². The summed E-state index contributed by atoms with van der Waals surface area (Å²) >= 11 is -6.18. The first-order valence-electron chi connectivity index (χ1n) is 33.0. The SMILES string of the molecule is CCCCCCC1(CCCCCC)c2cc3c(cc2-c2c1c[c]([Sn]([CH2]CCC)([CH2]CCC)[CH2]CCC)c1n[se]nc21)C(CCCCCC)(CCCCCC)c1c[c]([Sn]([CH2]CCC)([CH2]CCC)[CH2]CCC)c2n[se]nc2c1-3. The van der Waals surface area contributed by atoms with Crippen LogP contribution >= 0.6 is 0 Å². The second-order valence-electron chi connectivity index (χ2n) is 25.1. The Morgan fingerprint density at radius 1 is 0.303 bits per heavy atom. The van der Waals surface area contributed by atoms with Gasteiger partial charge < -0.3 is 0 Å². The van der Waals surface area contributed by atoms with Gasteiger partial charge in [0.25, 0.3) is 0 Å². The molecular formula is C68H110N4Se2Sn2. The zero-order valence-electron chi connectivity index (χ0n) is 50.8. The monoisotopic (exact) mass is 1380 g/mol. The molecule has 0 saturated carbocycles. The Morgan fingerprint density at radius 2 is 0.566 bits per heavy atom. The zero-order chi connectivity index (χ0) is 54.0. The first-order chi connectivity index (χ1) is 37.2. The summed E-state index contributed by atoms with van der Waals surface area (Å²) in [4.78, 5) is 0. The van der Waals surface area contributed by atoms with E-state index >= 15 is 0 Å². The van der Waals surface area contributed by atoms with Crippen molar-refractivity contribution in [1.29, 1.82) is 0 Å². The molecule has 2 aromatic heterocycles. The fourth-order valence-electron chi connectivity index (χ4n) is 15.5. The Bertz CT molecular complexity index is 2300. The summed E-state index contributed by atoms with van der Waals surface area (Å²) in [7, 11) is 0. The molecule has 3 aromatic carbocycles. The number of rotatable bonds is 40. The molecule has 422 valence electrons. The molecule has 0 spiro atoms. The van der Waals surface area contributed by atoms with E-state index in [4.69, 9.17) is 15.9 Å². The molecule has 0 fully saturated rings. The third-order valence-corrected chi connectivity index (χ3v) is 53.2. The molecule has 0 radical (unpaired) electrons. The van der Waals surface area contributed by atoms with Crippen molar-refractivity contribution in [2.75, 3.05) is 0 Å². The average molecular weight is 1380 g/mol. The normalized spacial score (nSPS) is 14.6. The molecule has 0 saturated heterocycles. The van der Waals surface area contributed by atoms with Crippen LogP contribution in [-0.2, 0) is 10.8 Å². The van der Waals surface area contributed by atoms with Crippen molar-refractivity contribution in [3.63, 3.8) is 0 Å². The molecule has 7 rings (SSSR count). The first-order valence-corrected chi connectivity index (χ1v) is 51.1. The molecule has 2 heterocycles. The summed E-state index contributed by atoms with van der Waals surface area (Å²) < 4.78 is 35.4. The van der Waals surface area contributed by atoms with Gasteiger partial charge in [-0.25, -0.2) is 0 Å². The summed E-state index contributed by atoms with van der Waals surface area (Å²) in [6.07, 6.45) is 42.2. The maximum absolute atomic E-state index is 5.75. The van der Waals surface area contributed by atoms with Crippen molar-refractivity contribution >= 4 is 95.9 Å².